The highest BCUT2D eigenvalue weighted by Gasteiger charge is 2.30. The highest BCUT2D eigenvalue weighted by atomic mass is 32.2. The van der Waals surface area contributed by atoms with Crippen LogP contribution in [0.25, 0.3) is 0 Å². The van der Waals surface area contributed by atoms with E-state index in [9.17, 15) is 20.4 Å². The van der Waals surface area contributed by atoms with Crippen LogP contribution in [-0.4, -0.2) is 51.3 Å². The number of benzene rings is 2. The average Bonchev–Trinajstić information content (AvgIpc) is 3.11. The molecule has 29 heavy (non-hydrogen) atoms. The molecule has 5 nitrogen and oxygen atoms in total. The number of fused-ring (bicyclic) bond motifs is 1. The molecule has 2 aromatic carbocycles. The van der Waals surface area contributed by atoms with Gasteiger partial charge in [-0.25, -0.2) is 0 Å². The van der Waals surface area contributed by atoms with Gasteiger partial charge in [-0.05, 0) is 41.2 Å². The monoisotopic (exact) mass is 418 g/mol. The summed E-state index contributed by atoms with van der Waals surface area (Å²) in [5.41, 5.74) is 4.29. The van der Waals surface area contributed by atoms with Gasteiger partial charge in [0.15, 0.2) is 6.29 Å². The number of hydrogen-bond donors (Lipinski definition) is 4. The zero-order valence-corrected chi connectivity index (χ0v) is 17.8. The van der Waals surface area contributed by atoms with Crippen LogP contribution in [0.1, 0.15) is 61.0 Å². The zero-order chi connectivity index (χ0) is 21.1. The maximum atomic E-state index is 9.87. The predicted octanol–water partition coefficient (Wildman–Crippen LogP) is 3.16. The molecule has 3 unspecified atom stereocenters. The first-order chi connectivity index (χ1) is 13.8. The zero-order valence-electron chi connectivity index (χ0n) is 17.0. The van der Waals surface area contributed by atoms with Crippen molar-refractivity contribution in [3.63, 3.8) is 0 Å². The van der Waals surface area contributed by atoms with Crippen LogP contribution < -0.4 is 0 Å². The van der Waals surface area contributed by atoms with Gasteiger partial charge >= 0.3 is 0 Å². The molecule has 0 aliphatic carbocycles. The van der Waals surface area contributed by atoms with E-state index in [1.54, 1.807) is 11.8 Å². The second-order valence-corrected chi connectivity index (χ2v) is 8.98. The van der Waals surface area contributed by atoms with Gasteiger partial charge in [-0.1, -0.05) is 50.2 Å². The van der Waals surface area contributed by atoms with E-state index in [4.69, 9.17) is 4.74 Å². The van der Waals surface area contributed by atoms with Crippen molar-refractivity contribution in [3.8, 4) is 0 Å². The average molecular weight is 419 g/mol. The minimum atomic E-state index is -1.77. The molecule has 3 rings (SSSR count). The molecule has 0 radical (unpaired) electrons. The SMILES string of the molecule is CC(C)c1ccc([C@@H]2CSc3ccc(C(OC(CO)C(C)O)C(O)O)cc32)cc1. The lowest BCUT2D eigenvalue weighted by Crippen LogP contribution is -2.35. The first-order valence-electron chi connectivity index (χ1n) is 9.98. The molecule has 1 aliphatic rings. The topological polar surface area (TPSA) is 90.2 Å². The molecule has 4 atom stereocenters. The Morgan fingerprint density at radius 3 is 2.21 bits per heavy atom. The van der Waals surface area contributed by atoms with Crippen molar-refractivity contribution < 1.29 is 25.2 Å². The van der Waals surface area contributed by atoms with Crippen molar-refractivity contribution in [1.29, 1.82) is 0 Å². The summed E-state index contributed by atoms with van der Waals surface area (Å²) < 4.78 is 5.64. The largest absolute Gasteiger partial charge is 0.394 e. The van der Waals surface area contributed by atoms with Crippen molar-refractivity contribution in [3.05, 3.63) is 64.7 Å². The standard InChI is InChI=1S/C23H30O5S/c1-13(2)15-4-6-16(7-5-15)19-12-29-21-9-8-17(10-18(19)21)22(23(26)27)28-20(11-24)14(3)25/h4-10,13-14,19-20,22-27H,11-12H2,1-3H3/t14?,19-,20?,22?/m0/s1. The van der Waals surface area contributed by atoms with Crippen LogP contribution in [0, 0.1) is 0 Å². The summed E-state index contributed by atoms with van der Waals surface area (Å²) in [7, 11) is 0. The summed E-state index contributed by atoms with van der Waals surface area (Å²) in [5.74, 6) is 1.64. The summed E-state index contributed by atoms with van der Waals surface area (Å²) in [6.45, 7) is 5.44. The summed E-state index contributed by atoms with van der Waals surface area (Å²) in [4.78, 5) is 1.17. The summed E-state index contributed by atoms with van der Waals surface area (Å²) >= 11 is 1.79. The number of ether oxygens (including phenoxy) is 1. The number of aliphatic hydroxyl groups excluding tert-OH is 3. The van der Waals surface area contributed by atoms with Crippen molar-refractivity contribution >= 4 is 11.8 Å². The van der Waals surface area contributed by atoms with E-state index >= 15 is 0 Å². The Morgan fingerprint density at radius 2 is 1.66 bits per heavy atom. The van der Waals surface area contributed by atoms with Gasteiger partial charge in [-0.15, -0.1) is 11.8 Å². The van der Waals surface area contributed by atoms with Crippen molar-refractivity contribution in [1.82, 2.24) is 0 Å². The fraction of sp³-hybridized carbons (Fsp3) is 0.478. The van der Waals surface area contributed by atoms with E-state index in [0.29, 0.717) is 11.5 Å². The molecule has 0 amide bonds. The van der Waals surface area contributed by atoms with Gasteiger partial charge in [0.2, 0.25) is 0 Å². The molecular formula is C23H30O5S. The molecule has 0 fully saturated rings. The van der Waals surface area contributed by atoms with E-state index in [1.165, 1.54) is 22.9 Å². The highest BCUT2D eigenvalue weighted by Crippen LogP contribution is 2.44. The molecule has 0 saturated heterocycles. The molecule has 4 N–H and O–H groups in total. The Morgan fingerprint density at radius 1 is 1.00 bits per heavy atom. The van der Waals surface area contributed by atoms with Crippen LogP contribution >= 0.6 is 11.8 Å². The van der Waals surface area contributed by atoms with Crippen LogP contribution in [0.5, 0.6) is 0 Å². The van der Waals surface area contributed by atoms with Gasteiger partial charge in [-0.2, -0.15) is 0 Å². The lowest BCUT2D eigenvalue weighted by Gasteiger charge is -2.27. The molecule has 1 heterocycles. The van der Waals surface area contributed by atoms with Gasteiger partial charge in [0.1, 0.15) is 12.2 Å². The van der Waals surface area contributed by atoms with Crippen LogP contribution in [0.3, 0.4) is 0 Å². The molecule has 1 aliphatic heterocycles. The van der Waals surface area contributed by atoms with E-state index in [-0.39, 0.29) is 5.92 Å². The number of hydrogen-bond acceptors (Lipinski definition) is 6. The van der Waals surface area contributed by atoms with E-state index in [0.717, 1.165) is 11.3 Å². The molecular weight excluding hydrogens is 388 g/mol. The minimum Gasteiger partial charge on any atom is -0.394 e. The third-order valence-corrected chi connectivity index (χ3v) is 6.64. The number of rotatable bonds is 8. The quantitative estimate of drug-likeness (QED) is 0.493. The summed E-state index contributed by atoms with van der Waals surface area (Å²) in [6.07, 6.45) is -4.65. The number of thioether (sulfide) groups is 1. The maximum absolute atomic E-state index is 9.87. The van der Waals surface area contributed by atoms with Crippen molar-refractivity contribution in [2.75, 3.05) is 12.4 Å². The smallest absolute Gasteiger partial charge is 0.182 e. The Labute approximate surface area is 176 Å². The second kappa shape index (κ2) is 9.60. The van der Waals surface area contributed by atoms with Gasteiger partial charge < -0.3 is 25.2 Å². The predicted molar refractivity (Wildman–Crippen MR) is 114 cm³/mol. The maximum Gasteiger partial charge on any atom is 0.182 e. The Balaban J connectivity index is 1.89. The molecule has 0 spiro atoms. The van der Waals surface area contributed by atoms with Crippen LogP contribution in [0.4, 0.5) is 0 Å². The molecule has 2 aromatic rings. The molecule has 0 saturated carbocycles. The highest BCUT2D eigenvalue weighted by molar-refractivity contribution is 7.99. The Bertz CT molecular complexity index is 803. The minimum absolute atomic E-state index is 0.220. The van der Waals surface area contributed by atoms with Crippen molar-refractivity contribution in [2.24, 2.45) is 0 Å². The van der Waals surface area contributed by atoms with E-state index in [1.807, 2.05) is 18.2 Å². The van der Waals surface area contributed by atoms with Gasteiger partial charge in [0.05, 0.1) is 12.7 Å². The third-order valence-electron chi connectivity index (χ3n) is 5.46. The Kier molecular flexibility index (Phi) is 7.37. The first-order valence-corrected chi connectivity index (χ1v) is 11.0. The third kappa shape index (κ3) is 5.02. The van der Waals surface area contributed by atoms with Crippen molar-refractivity contribution in [2.45, 2.75) is 62.1 Å². The summed E-state index contributed by atoms with van der Waals surface area (Å²) in [6, 6.07) is 14.4. The van der Waals surface area contributed by atoms with Gasteiger partial charge in [-0.3, -0.25) is 0 Å². The second-order valence-electron chi connectivity index (χ2n) is 7.91. The van der Waals surface area contributed by atoms with Crippen LogP contribution in [0.2, 0.25) is 0 Å². The molecule has 0 bridgehead atoms. The molecule has 6 heteroatoms. The fourth-order valence-electron chi connectivity index (χ4n) is 3.62. The fourth-order valence-corrected chi connectivity index (χ4v) is 4.87. The Hall–Kier alpha value is -1.41. The summed E-state index contributed by atoms with van der Waals surface area (Å²) in [5, 5.41) is 38.9. The van der Waals surface area contributed by atoms with Crippen LogP contribution in [0.15, 0.2) is 47.4 Å². The lowest BCUT2D eigenvalue weighted by molar-refractivity contribution is -0.188. The van der Waals surface area contributed by atoms with Gasteiger partial charge in [0, 0.05) is 16.6 Å². The lowest BCUT2D eigenvalue weighted by atomic mass is 9.89. The van der Waals surface area contributed by atoms with E-state index < -0.39 is 31.2 Å². The normalized spacial score (nSPS) is 19.4. The number of aliphatic hydroxyl groups is 4. The first kappa shape index (κ1) is 22.3. The van der Waals surface area contributed by atoms with Crippen LogP contribution in [-0.2, 0) is 4.74 Å². The van der Waals surface area contributed by atoms with Gasteiger partial charge in [0.25, 0.3) is 0 Å². The molecule has 0 aromatic heterocycles. The molecule has 158 valence electrons. The van der Waals surface area contributed by atoms with E-state index in [2.05, 4.69) is 38.1 Å².